The molecular weight excluding hydrogens is 252 g/mol. The highest BCUT2D eigenvalue weighted by Gasteiger charge is 2.27. The summed E-state index contributed by atoms with van der Waals surface area (Å²) in [7, 11) is 0. The Balaban J connectivity index is 1.91. The molecule has 2 atom stereocenters. The molecule has 1 saturated heterocycles. The van der Waals surface area contributed by atoms with Crippen LogP contribution in [0.5, 0.6) is 0 Å². The third-order valence-corrected chi connectivity index (χ3v) is 4.04. The van der Waals surface area contributed by atoms with Crippen molar-refractivity contribution in [2.24, 2.45) is 5.73 Å². The maximum atomic E-state index is 12.3. The van der Waals surface area contributed by atoms with Gasteiger partial charge in [0, 0.05) is 25.6 Å². The summed E-state index contributed by atoms with van der Waals surface area (Å²) in [4.78, 5) is 14.1. The van der Waals surface area contributed by atoms with Gasteiger partial charge in [-0.3, -0.25) is 4.79 Å². The van der Waals surface area contributed by atoms with E-state index in [0.717, 1.165) is 24.9 Å². The molecule has 2 rings (SSSR count). The lowest BCUT2D eigenvalue weighted by Crippen LogP contribution is -2.35. The average Bonchev–Trinajstić information content (AvgIpc) is 2.60. The first-order valence-electron chi connectivity index (χ1n) is 7.29. The number of nitrogens with two attached hydrogens (primary N) is 1. The van der Waals surface area contributed by atoms with Gasteiger partial charge in [0.1, 0.15) is 0 Å². The van der Waals surface area contributed by atoms with Gasteiger partial charge in [-0.15, -0.1) is 0 Å². The van der Waals surface area contributed by atoms with Crippen LogP contribution in [0.15, 0.2) is 30.3 Å². The predicted molar refractivity (Wildman–Crippen MR) is 79.0 cm³/mol. The van der Waals surface area contributed by atoms with Crippen molar-refractivity contribution in [2.75, 3.05) is 13.1 Å². The van der Waals surface area contributed by atoms with Gasteiger partial charge in [-0.2, -0.15) is 0 Å². The van der Waals surface area contributed by atoms with Gasteiger partial charge in [-0.05, 0) is 31.7 Å². The number of likely N-dealkylation sites (tertiary alicyclic amines) is 1. The van der Waals surface area contributed by atoms with E-state index in [1.807, 2.05) is 42.2 Å². The SMILES string of the molecule is CC1(O)CCCN(C(=O)CC(N)c2ccccc2)CC1. The van der Waals surface area contributed by atoms with Crippen molar-refractivity contribution in [1.82, 2.24) is 4.90 Å². The van der Waals surface area contributed by atoms with Gasteiger partial charge in [-0.1, -0.05) is 30.3 Å². The molecule has 0 aromatic heterocycles. The van der Waals surface area contributed by atoms with Crippen LogP contribution in [0.2, 0.25) is 0 Å². The van der Waals surface area contributed by atoms with Gasteiger partial charge < -0.3 is 15.7 Å². The molecule has 110 valence electrons. The number of carbonyl (C=O) groups is 1. The summed E-state index contributed by atoms with van der Waals surface area (Å²) in [6.45, 7) is 3.18. The highest BCUT2D eigenvalue weighted by atomic mass is 16.3. The van der Waals surface area contributed by atoms with Gasteiger partial charge in [0.25, 0.3) is 0 Å². The van der Waals surface area contributed by atoms with Crippen molar-refractivity contribution in [3.63, 3.8) is 0 Å². The van der Waals surface area contributed by atoms with E-state index >= 15 is 0 Å². The molecule has 0 saturated carbocycles. The molecule has 4 nitrogen and oxygen atoms in total. The Hall–Kier alpha value is -1.39. The lowest BCUT2D eigenvalue weighted by atomic mass is 9.98. The minimum Gasteiger partial charge on any atom is -0.390 e. The molecule has 0 radical (unpaired) electrons. The van der Waals surface area contributed by atoms with Crippen LogP contribution in [0.25, 0.3) is 0 Å². The van der Waals surface area contributed by atoms with E-state index in [-0.39, 0.29) is 11.9 Å². The van der Waals surface area contributed by atoms with Crippen LogP contribution in [0.1, 0.15) is 44.2 Å². The van der Waals surface area contributed by atoms with E-state index in [1.54, 1.807) is 0 Å². The minimum absolute atomic E-state index is 0.0825. The first-order valence-corrected chi connectivity index (χ1v) is 7.29. The first kappa shape index (κ1) is 15.0. The standard InChI is InChI=1S/C16H24N2O2/c1-16(20)8-5-10-18(11-9-16)15(19)12-14(17)13-6-3-2-4-7-13/h2-4,6-7,14,20H,5,8-12,17H2,1H3. The van der Waals surface area contributed by atoms with E-state index in [1.165, 1.54) is 0 Å². The zero-order chi connectivity index (χ0) is 14.6. The van der Waals surface area contributed by atoms with Crippen molar-refractivity contribution in [2.45, 2.75) is 44.2 Å². The van der Waals surface area contributed by atoms with Gasteiger partial charge >= 0.3 is 0 Å². The summed E-state index contributed by atoms with van der Waals surface area (Å²) in [5.41, 5.74) is 6.44. The molecule has 0 aliphatic carbocycles. The van der Waals surface area contributed by atoms with Crippen LogP contribution >= 0.6 is 0 Å². The maximum absolute atomic E-state index is 12.3. The molecule has 0 spiro atoms. The van der Waals surface area contributed by atoms with Gasteiger partial charge in [-0.25, -0.2) is 0 Å². The number of carbonyl (C=O) groups excluding carboxylic acids is 1. The number of benzene rings is 1. The topological polar surface area (TPSA) is 66.6 Å². The van der Waals surface area contributed by atoms with E-state index in [0.29, 0.717) is 19.4 Å². The lowest BCUT2D eigenvalue weighted by molar-refractivity contribution is -0.131. The fourth-order valence-corrected chi connectivity index (χ4v) is 2.65. The average molecular weight is 276 g/mol. The Bertz CT molecular complexity index is 445. The number of amides is 1. The number of rotatable bonds is 3. The predicted octanol–water partition coefficient (Wildman–Crippen LogP) is 1.84. The van der Waals surface area contributed by atoms with Gasteiger partial charge in [0.15, 0.2) is 0 Å². The summed E-state index contributed by atoms with van der Waals surface area (Å²) in [5.74, 6) is 0.0825. The number of hydrogen-bond acceptors (Lipinski definition) is 3. The number of aliphatic hydroxyl groups is 1. The molecule has 1 aliphatic heterocycles. The number of nitrogens with zero attached hydrogens (tertiary/aromatic N) is 1. The molecular formula is C16H24N2O2. The van der Waals surface area contributed by atoms with Gasteiger partial charge in [0.2, 0.25) is 5.91 Å². The Morgan fingerprint density at radius 1 is 1.35 bits per heavy atom. The first-order chi connectivity index (χ1) is 9.48. The van der Waals surface area contributed by atoms with Crippen LogP contribution in [0.4, 0.5) is 0 Å². The van der Waals surface area contributed by atoms with Crippen molar-refractivity contribution in [1.29, 1.82) is 0 Å². The summed E-state index contributed by atoms with van der Waals surface area (Å²) < 4.78 is 0. The van der Waals surface area contributed by atoms with Crippen molar-refractivity contribution >= 4 is 5.91 Å². The molecule has 0 bridgehead atoms. The highest BCUT2D eigenvalue weighted by Crippen LogP contribution is 2.23. The third-order valence-electron chi connectivity index (χ3n) is 4.04. The zero-order valence-corrected chi connectivity index (χ0v) is 12.1. The maximum Gasteiger partial charge on any atom is 0.224 e. The van der Waals surface area contributed by atoms with Gasteiger partial charge in [0.05, 0.1) is 5.60 Å². The zero-order valence-electron chi connectivity index (χ0n) is 12.1. The second kappa shape index (κ2) is 6.37. The van der Waals surface area contributed by atoms with Crippen LogP contribution < -0.4 is 5.73 Å². The largest absolute Gasteiger partial charge is 0.390 e. The molecule has 1 aliphatic rings. The fraction of sp³-hybridized carbons (Fsp3) is 0.562. The second-order valence-electron chi connectivity index (χ2n) is 5.95. The molecule has 1 heterocycles. The second-order valence-corrected chi connectivity index (χ2v) is 5.95. The molecule has 3 N–H and O–H groups in total. The Morgan fingerprint density at radius 3 is 2.75 bits per heavy atom. The molecule has 1 aromatic rings. The van der Waals surface area contributed by atoms with Crippen molar-refractivity contribution < 1.29 is 9.90 Å². The van der Waals surface area contributed by atoms with E-state index in [2.05, 4.69) is 0 Å². The fourth-order valence-electron chi connectivity index (χ4n) is 2.65. The molecule has 20 heavy (non-hydrogen) atoms. The molecule has 2 unspecified atom stereocenters. The monoisotopic (exact) mass is 276 g/mol. The smallest absolute Gasteiger partial charge is 0.224 e. The molecule has 1 fully saturated rings. The quantitative estimate of drug-likeness (QED) is 0.885. The van der Waals surface area contributed by atoms with E-state index in [9.17, 15) is 9.90 Å². The third kappa shape index (κ3) is 4.05. The van der Waals surface area contributed by atoms with Crippen molar-refractivity contribution in [3.8, 4) is 0 Å². The van der Waals surface area contributed by atoms with Crippen LogP contribution in [0.3, 0.4) is 0 Å². The minimum atomic E-state index is -0.642. The molecule has 1 amide bonds. The van der Waals surface area contributed by atoms with Crippen LogP contribution in [-0.2, 0) is 4.79 Å². The van der Waals surface area contributed by atoms with Crippen LogP contribution in [-0.4, -0.2) is 34.6 Å². The van der Waals surface area contributed by atoms with Crippen LogP contribution in [0, 0.1) is 0 Å². The Morgan fingerprint density at radius 2 is 2.05 bits per heavy atom. The summed E-state index contributed by atoms with van der Waals surface area (Å²) in [6.07, 6.45) is 2.56. The van der Waals surface area contributed by atoms with E-state index < -0.39 is 5.60 Å². The summed E-state index contributed by atoms with van der Waals surface area (Å²) in [6, 6.07) is 9.45. The summed E-state index contributed by atoms with van der Waals surface area (Å²) in [5, 5.41) is 10.1. The lowest BCUT2D eigenvalue weighted by Gasteiger charge is -2.24. The van der Waals surface area contributed by atoms with E-state index in [4.69, 9.17) is 5.73 Å². The normalized spacial score (nSPS) is 25.1. The molecule has 4 heteroatoms. The number of hydrogen-bond donors (Lipinski definition) is 2. The Labute approximate surface area is 120 Å². The Kier molecular flexibility index (Phi) is 4.78. The highest BCUT2D eigenvalue weighted by molar-refractivity contribution is 5.77. The summed E-state index contributed by atoms with van der Waals surface area (Å²) >= 11 is 0. The molecule has 1 aromatic carbocycles. The van der Waals surface area contributed by atoms with Crippen molar-refractivity contribution in [3.05, 3.63) is 35.9 Å².